The Kier molecular flexibility index (Phi) is 18.7. The Labute approximate surface area is 508 Å². The molecule has 0 unspecified atom stereocenters. The molecule has 0 saturated heterocycles. The van der Waals surface area contributed by atoms with E-state index in [2.05, 4.69) is 176 Å². The summed E-state index contributed by atoms with van der Waals surface area (Å²) >= 11 is 14.2. The fraction of sp³-hybridized carbons (Fsp3) is 0.0606. The number of fused-ring (bicyclic) bond motifs is 6. The number of aromatic nitrogens is 6. The van der Waals surface area contributed by atoms with E-state index in [-0.39, 0.29) is 12.1 Å². The van der Waals surface area contributed by atoms with Crippen LogP contribution in [-0.2, 0) is 24.6 Å². The minimum absolute atomic E-state index is 0.225. The van der Waals surface area contributed by atoms with Gasteiger partial charge in [-0.2, -0.15) is 13.2 Å². The summed E-state index contributed by atoms with van der Waals surface area (Å²) in [6.07, 6.45) is 3.77. The van der Waals surface area contributed by atoms with Crippen LogP contribution in [0.25, 0.3) is 109 Å². The molecule has 0 saturated carbocycles. The maximum atomic E-state index is 12.8. The van der Waals surface area contributed by atoms with Gasteiger partial charge < -0.3 is 5.73 Å². The zero-order chi connectivity index (χ0) is 57.9. The van der Waals surface area contributed by atoms with Gasteiger partial charge in [-0.15, -0.1) is 0 Å². The third-order valence-electron chi connectivity index (χ3n) is 13.6. The molecule has 0 aliphatic rings. The Balaban J connectivity index is 0.000000124. The largest absolute Gasteiger partial charge is 0.451 e. The molecule has 0 atom stereocenters. The number of rotatable bonds is 8. The van der Waals surface area contributed by atoms with Crippen LogP contribution in [0.4, 0.5) is 13.2 Å². The van der Waals surface area contributed by atoms with Gasteiger partial charge in [0.1, 0.15) is 0 Å². The fourth-order valence-electron chi connectivity index (χ4n) is 9.67. The molecule has 83 heavy (non-hydrogen) atoms. The number of hydrogen-bond acceptors (Lipinski definition) is 8. The van der Waals surface area contributed by atoms with Gasteiger partial charge in [-0.3, -0.25) is 19.9 Å². The Bertz CT molecular complexity index is 4350. The third-order valence-corrected chi connectivity index (χ3v) is 16.4. The van der Waals surface area contributed by atoms with Crippen molar-refractivity contribution in [2.24, 2.45) is 10.8 Å². The van der Waals surface area contributed by atoms with Gasteiger partial charge >= 0.3 is 6.18 Å². The second-order valence-corrected chi connectivity index (χ2v) is 21.6. The lowest BCUT2D eigenvalue weighted by Crippen LogP contribution is -2.10. The van der Waals surface area contributed by atoms with Gasteiger partial charge in [0.05, 0.1) is 34.1 Å². The summed E-state index contributed by atoms with van der Waals surface area (Å²) in [6.45, 7) is 0.753. The molecular formula is C66H45Br4F3N10. The molecule has 0 amide bonds. The van der Waals surface area contributed by atoms with Crippen LogP contribution >= 0.6 is 63.7 Å². The van der Waals surface area contributed by atoms with Crippen molar-refractivity contribution in [3.63, 3.8) is 0 Å². The van der Waals surface area contributed by atoms with Gasteiger partial charge in [0.25, 0.3) is 0 Å². The highest BCUT2D eigenvalue weighted by molar-refractivity contribution is 9.11. The maximum absolute atomic E-state index is 12.8. The van der Waals surface area contributed by atoms with Crippen molar-refractivity contribution >= 4 is 118 Å². The van der Waals surface area contributed by atoms with Crippen LogP contribution in [0.5, 0.6) is 0 Å². The lowest BCUT2D eigenvalue weighted by Gasteiger charge is -2.10. The lowest BCUT2D eigenvalue weighted by molar-refractivity contribution is -0.144. The molecule has 13 aromatic rings. The smallest absolute Gasteiger partial charge is 0.326 e. The number of benzene rings is 8. The molecule has 0 fully saturated rings. The van der Waals surface area contributed by atoms with Crippen LogP contribution in [0.1, 0.15) is 22.5 Å². The van der Waals surface area contributed by atoms with Gasteiger partial charge in [-0.25, -0.2) is 9.97 Å². The highest BCUT2D eigenvalue weighted by Crippen LogP contribution is 2.37. The Hall–Kier alpha value is -8.28. The number of hydrogen-bond donors (Lipinski definition) is 1. The van der Waals surface area contributed by atoms with Crippen molar-refractivity contribution in [3.8, 4) is 44.5 Å². The van der Waals surface area contributed by atoms with E-state index in [1.807, 2.05) is 122 Å². The van der Waals surface area contributed by atoms with E-state index in [0.717, 1.165) is 84.8 Å². The van der Waals surface area contributed by atoms with E-state index >= 15 is 0 Å². The van der Waals surface area contributed by atoms with Gasteiger partial charge in [0, 0.05) is 99.2 Å². The minimum atomic E-state index is -4.57. The van der Waals surface area contributed by atoms with Crippen molar-refractivity contribution in [2.75, 3.05) is 0 Å². The van der Waals surface area contributed by atoms with E-state index in [4.69, 9.17) is 11.3 Å². The molecule has 0 aliphatic heterocycles. The lowest BCUT2D eigenvalue weighted by atomic mass is 9.99. The third kappa shape index (κ3) is 13.0. The molecule has 8 aromatic carbocycles. The predicted molar refractivity (Wildman–Crippen MR) is 343 cm³/mol. The molecule has 10 nitrogen and oxygen atoms in total. The molecule has 13 rings (SSSR count). The van der Waals surface area contributed by atoms with Gasteiger partial charge in [-0.05, 0) is 110 Å². The summed E-state index contributed by atoms with van der Waals surface area (Å²) < 4.78 is 41.3. The first-order valence-electron chi connectivity index (χ1n) is 25.8. The predicted octanol–water partition coefficient (Wildman–Crippen LogP) is 20.0. The minimum Gasteiger partial charge on any atom is -0.326 e. The van der Waals surface area contributed by atoms with Crippen molar-refractivity contribution in [2.45, 2.75) is 24.6 Å². The number of nitrogens with zero attached hydrogens (tertiary/aromatic N) is 9. The quantitative estimate of drug-likeness (QED) is 0.0523. The molecule has 0 radical (unpaired) electrons. The zero-order valence-electron chi connectivity index (χ0n) is 43.7. The summed E-state index contributed by atoms with van der Waals surface area (Å²) in [4.78, 5) is 27.7. The number of alkyl halides is 4. The van der Waals surface area contributed by atoms with E-state index < -0.39 is 12.0 Å². The molecule has 5 aromatic heterocycles. The molecule has 5 heterocycles. The van der Waals surface area contributed by atoms with E-state index in [0.29, 0.717) is 17.4 Å². The van der Waals surface area contributed by atoms with Crippen LogP contribution in [0.3, 0.4) is 0 Å². The number of azide groups is 1. The highest BCUT2D eigenvalue weighted by atomic mass is 79.9. The molecule has 0 spiro atoms. The number of halogens is 7. The first-order chi connectivity index (χ1) is 40.5. The normalized spacial score (nSPS) is 11.0. The summed E-state index contributed by atoms with van der Waals surface area (Å²) in [5, 5.41) is 9.17. The zero-order valence-corrected chi connectivity index (χ0v) is 50.1. The topological polar surface area (TPSA) is 152 Å². The monoisotopic (exact) mass is 1350 g/mol. The maximum Gasteiger partial charge on any atom is 0.451 e. The average Bonchev–Trinajstić information content (AvgIpc) is 3.11. The number of nitrogens with two attached hydrogens (primary N) is 1. The van der Waals surface area contributed by atoms with Gasteiger partial charge in [0.15, 0.2) is 0 Å². The Morgan fingerprint density at radius 3 is 1.19 bits per heavy atom. The van der Waals surface area contributed by atoms with Crippen LogP contribution in [0.15, 0.2) is 244 Å². The summed E-state index contributed by atoms with van der Waals surface area (Å²) in [7, 11) is 0. The molecule has 408 valence electrons. The second kappa shape index (κ2) is 26.8. The van der Waals surface area contributed by atoms with Crippen molar-refractivity contribution in [3.05, 3.63) is 271 Å². The van der Waals surface area contributed by atoms with Crippen LogP contribution in [0.2, 0.25) is 0 Å². The van der Waals surface area contributed by atoms with E-state index in [1.54, 1.807) is 24.5 Å². The van der Waals surface area contributed by atoms with Gasteiger partial charge in [-0.1, -0.05) is 208 Å². The Morgan fingerprint density at radius 2 is 0.795 bits per heavy atom. The Morgan fingerprint density at radius 1 is 0.434 bits per heavy atom. The highest BCUT2D eigenvalue weighted by Gasteiger charge is 2.34. The van der Waals surface area contributed by atoms with Crippen molar-refractivity contribution < 1.29 is 13.2 Å². The standard InChI is InChI=1S/C18H10F3N3.C16H11Br2N.C16H11BrN4.C16H13BrN2/c19-18(20,21)17-23-10-14-15(24-17)7-6-13-12(8-9-22-16(13)14)11-4-2-1-3-5-11;17-10-14-15(18)7-6-13-12(8-9-19-16(13)14)11-4-2-1-3-5-11;17-15-7-6-13-12(11-4-2-1-3-5-11)8-9-19-16(13)14(15)10-20-21-18;17-15-7-6-13-12(11-4-2-1-3-5-11)8-9-19-16(13)14(15)10-18/h1-10H;1-9H,10H2;1-9H,10H2;1-9H,10,18H2. The average molecular weight is 1350 g/mol. The summed E-state index contributed by atoms with van der Waals surface area (Å²) in [6, 6.07) is 64.3. The first kappa shape index (κ1) is 57.9. The van der Waals surface area contributed by atoms with Crippen LogP contribution < -0.4 is 5.73 Å². The van der Waals surface area contributed by atoms with Crippen LogP contribution in [0, 0.1) is 0 Å². The first-order valence-corrected chi connectivity index (χ1v) is 29.3. The number of pyridine rings is 4. The molecular weight excluding hydrogens is 1310 g/mol. The van der Waals surface area contributed by atoms with Crippen LogP contribution in [-0.4, -0.2) is 29.9 Å². The summed E-state index contributed by atoms with van der Waals surface area (Å²) in [5.41, 5.74) is 30.3. The summed E-state index contributed by atoms with van der Waals surface area (Å²) in [5.74, 6) is -1.14. The molecule has 17 heteroatoms. The molecule has 2 N–H and O–H groups in total. The SMILES string of the molecule is BrCc1c(Br)ccc2c(-c3ccccc3)ccnc12.FC(F)(F)c1ncc2c(ccc3c(-c4ccccc4)ccnc32)n1.NCc1c(Br)ccc2c(-c3ccccc3)ccnc12.[N-]=[N+]=NCc1c(Br)ccc2c(-c3ccccc3)ccnc12. The van der Waals surface area contributed by atoms with E-state index in [9.17, 15) is 13.2 Å². The van der Waals surface area contributed by atoms with E-state index in [1.165, 1.54) is 39.4 Å². The van der Waals surface area contributed by atoms with Gasteiger partial charge in [0.2, 0.25) is 5.82 Å². The van der Waals surface area contributed by atoms with Crippen molar-refractivity contribution in [1.29, 1.82) is 0 Å². The molecule has 0 aliphatic carbocycles. The van der Waals surface area contributed by atoms with Crippen molar-refractivity contribution in [1.82, 2.24) is 29.9 Å². The second-order valence-electron chi connectivity index (χ2n) is 18.5. The molecule has 0 bridgehead atoms. The fourth-order valence-corrected chi connectivity index (χ4v) is 12.0.